The van der Waals surface area contributed by atoms with E-state index in [1.807, 2.05) is 46.1 Å². The number of anilines is 2. The Morgan fingerprint density at radius 2 is 1.88 bits per heavy atom. The Morgan fingerprint density at radius 3 is 2.50 bits per heavy atom. The van der Waals surface area contributed by atoms with Crippen LogP contribution in [0.25, 0.3) is 6.08 Å². The number of aryl methyl sites for hydroxylation is 2. The summed E-state index contributed by atoms with van der Waals surface area (Å²) in [5, 5.41) is 2.64. The summed E-state index contributed by atoms with van der Waals surface area (Å²) in [6, 6.07) is 9.15. The van der Waals surface area contributed by atoms with E-state index in [9.17, 15) is 9.59 Å². The van der Waals surface area contributed by atoms with Crippen molar-refractivity contribution in [3.63, 3.8) is 0 Å². The summed E-state index contributed by atoms with van der Waals surface area (Å²) in [7, 11) is 3.68. The molecule has 1 aromatic carbocycles. The van der Waals surface area contributed by atoms with Gasteiger partial charge in [0.1, 0.15) is 11.3 Å². The standard InChI is InChI=1S/C19H19N3O3S/c1-11-5-7-15(12(2)9-11)22-18(24)14(17(23)20-19(22)26)10-13-6-8-16(25-13)21(3)4/h5-10H,1-4H3,(H,20,23,26). The van der Waals surface area contributed by atoms with Crippen molar-refractivity contribution in [1.29, 1.82) is 0 Å². The Morgan fingerprint density at radius 1 is 1.15 bits per heavy atom. The molecule has 1 saturated heterocycles. The number of carbonyl (C=O) groups is 2. The van der Waals surface area contributed by atoms with Gasteiger partial charge in [-0.1, -0.05) is 17.7 Å². The third kappa shape index (κ3) is 3.25. The monoisotopic (exact) mass is 369 g/mol. The van der Waals surface area contributed by atoms with Gasteiger partial charge in [0.2, 0.25) is 0 Å². The van der Waals surface area contributed by atoms with Gasteiger partial charge >= 0.3 is 0 Å². The van der Waals surface area contributed by atoms with Crippen LogP contribution in [-0.2, 0) is 9.59 Å². The Hall–Kier alpha value is -2.93. The SMILES string of the molecule is Cc1ccc(N2C(=O)C(=Cc3ccc(N(C)C)o3)C(=O)NC2=S)c(C)c1. The van der Waals surface area contributed by atoms with E-state index in [1.165, 1.54) is 11.0 Å². The lowest BCUT2D eigenvalue weighted by atomic mass is 10.1. The van der Waals surface area contributed by atoms with Crippen LogP contribution in [0.15, 0.2) is 40.3 Å². The van der Waals surface area contributed by atoms with Gasteiger partial charge in [0.05, 0.1) is 5.69 Å². The van der Waals surface area contributed by atoms with Crippen LogP contribution in [0.3, 0.4) is 0 Å². The van der Waals surface area contributed by atoms with E-state index in [2.05, 4.69) is 5.32 Å². The number of nitrogens with one attached hydrogen (secondary N) is 1. The highest BCUT2D eigenvalue weighted by Gasteiger charge is 2.35. The molecule has 0 saturated carbocycles. The van der Waals surface area contributed by atoms with Gasteiger partial charge in [-0.05, 0) is 49.8 Å². The van der Waals surface area contributed by atoms with Gasteiger partial charge in [-0.25, -0.2) is 0 Å². The maximum atomic E-state index is 13.0. The molecule has 2 aromatic rings. The van der Waals surface area contributed by atoms with Crippen LogP contribution in [0, 0.1) is 13.8 Å². The summed E-state index contributed by atoms with van der Waals surface area (Å²) in [5.74, 6) is 0.0280. The topological polar surface area (TPSA) is 65.8 Å². The fourth-order valence-corrected chi connectivity index (χ4v) is 3.01. The molecule has 0 radical (unpaired) electrons. The molecule has 0 atom stereocenters. The van der Waals surface area contributed by atoms with E-state index in [1.54, 1.807) is 17.0 Å². The van der Waals surface area contributed by atoms with Crippen LogP contribution in [0.2, 0.25) is 0 Å². The van der Waals surface area contributed by atoms with Crippen LogP contribution in [0.4, 0.5) is 11.6 Å². The molecule has 0 unspecified atom stereocenters. The molecule has 3 rings (SSSR count). The summed E-state index contributed by atoms with van der Waals surface area (Å²) in [4.78, 5) is 28.4. The van der Waals surface area contributed by atoms with Crippen molar-refractivity contribution >= 4 is 46.8 Å². The summed E-state index contributed by atoms with van der Waals surface area (Å²) in [6.45, 7) is 3.87. The van der Waals surface area contributed by atoms with E-state index >= 15 is 0 Å². The first-order valence-corrected chi connectivity index (χ1v) is 8.44. The zero-order valence-electron chi connectivity index (χ0n) is 15.0. The minimum atomic E-state index is -0.538. The number of thiocarbonyl (C=S) groups is 1. The predicted octanol–water partition coefficient (Wildman–Crippen LogP) is 2.79. The van der Waals surface area contributed by atoms with Crippen LogP contribution in [-0.4, -0.2) is 31.0 Å². The molecule has 6 nitrogen and oxygen atoms in total. The lowest BCUT2D eigenvalue weighted by Crippen LogP contribution is -2.54. The van der Waals surface area contributed by atoms with Gasteiger partial charge in [-0.2, -0.15) is 0 Å². The fraction of sp³-hybridized carbons (Fsp3) is 0.211. The van der Waals surface area contributed by atoms with Crippen LogP contribution < -0.4 is 15.1 Å². The molecule has 2 amide bonds. The summed E-state index contributed by atoms with van der Waals surface area (Å²) in [6.07, 6.45) is 1.43. The van der Waals surface area contributed by atoms with Crippen molar-refractivity contribution in [2.45, 2.75) is 13.8 Å². The van der Waals surface area contributed by atoms with Gasteiger partial charge in [-0.15, -0.1) is 0 Å². The maximum absolute atomic E-state index is 13.0. The zero-order valence-corrected chi connectivity index (χ0v) is 15.8. The molecule has 7 heteroatoms. The summed E-state index contributed by atoms with van der Waals surface area (Å²) in [5.41, 5.74) is 2.58. The van der Waals surface area contributed by atoms with E-state index in [0.29, 0.717) is 17.3 Å². The molecule has 0 aliphatic carbocycles. The van der Waals surface area contributed by atoms with Crippen LogP contribution >= 0.6 is 12.2 Å². The largest absolute Gasteiger partial charge is 0.441 e. The molecule has 134 valence electrons. The second kappa shape index (κ2) is 6.76. The summed E-state index contributed by atoms with van der Waals surface area (Å²) >= 11 is 5.23. The number of nitrogens with zero attached hydrogens (tertiary/aromatic N) is 2. The lowest BCUT2D eigenvalue weighted by molar-refractivity contribution is -0.122. The van der Waals surface area contributed by atoms with Crippen LogP contribution in [0.1, 0.15) is 16.9 Å². The molecular weight excluding hydrogens is 350 g/mol. The Kier molecular flexibility index (Phi) is 4.65. The first-order chi connectivity index (χ1) is 12.3. The molecule has 1 fully saturated rings. The van der Waals surface area contributed by atoms with Gasteiger partial charge in [-0.3, -0.25) is 19.8 Å². The molecule has 2 heterocycles. The highest BCUT2D eigenvalue weighted by atomic mass is 32.1. The van der Waals surface area contributed by atoms with Crippen molar-refractivity contribution in [1.82, 2.24) is 5.32 Å². The molecule has 0 bridgehead atoms. The summed E-state index contributed by atoms with van der Waals surface area (Å²) < 4.78 is 5.62. The van der Waals surface area contributed by atoms with Crippen molar-refractivity contribution < 1.29 is 14.0 Å². The molecule has 1 N–H and O–H groups in total. The molecule has 0 spiro atoms. The number of amides is 2. The van der Waals surface area contributed by atoms with E-state index in [4.69, 9.17) is 16.6 Å². The van der Waals surface area contributed by atoms with Crippen molar-refractivity contribution in [2.24, 2.45) is 0 Å². The minimum Gasteiger partial charge on any atom is -0.441 e. The van der Waals surface area contributed by atoms with Gasteiger partial charge < -0.3 is 9.32 Å². The number of hydrogen-bond donors (Lipinski definition) is 1. The third-order valence-electron chi connectivity index (χ3n) is 4.03. The Labute approximate surface area is 157 Å². The second-order valence-electron chi connectivity index (χ2n) is 6.32. The predicted molar refractivity (Wildman–Crippen MR) is 105 cm³/mol. The van der Waals surface area contributed by atoms with E-state index in [0.717, 1.165) is 11.1 Å². The lowest BCUT2D eigenvalue weighted by Gasteiger charge is -2.30. The van der Waals surface area contributed by atoms with Gasteiger partial charge in [0.25, 0.3) is 11.8 Å². The Bertz CT molecular complexity index is 943. The average Bonchev–Trinajstić information content (AvgIpc) is 3.02. The fourth-order valence-electron chi connectivity index (χ4n) is 2.73. The van der Waals surface area contributed by atoms with Gasteiger partial charge in [0, 0.05) is 20.2 Å². The average molecular weight is 369 g/mol. The number of carbonyl (C=O) groups excluding carboxylic acids is 2. The van der Waals surface area contributed by atoms with Gasteiger partial charge in [0.15, 0.2) is 11.0 Å². The number of hydrogen-bond acceptors (Lipinski definition) is 5. The molecule has 1 aliphatic heterocycles. The maximum Gasteiger partial charge on any atom is 0.270 e. The third-order valence-corrected chi connectivity index (χ3v) is 4.32. The molecular formula is C19H19N3O3S. The normalized spacial score (nSPS) is 16.2. The number of furan rings is 1. The van der Waals surface area contributed by atoms with Crippen LogP contribution in [0.5, 0.6) is 0 Å². The van der Waals surface area contributed by atoms with Crippen molar-refractivity contribution in [3.8, 4) is 0 Å². The quantitative estimate of drug-likeness (QED) is 0.512. The van der Waals surface area contributed by atoms with Crippen molar-refractivity contribution in [2.75, 3.05) is 23.9 Å². The zero-order chi connectivity index (χ0) is 19.0. The highest BCUT2D eigenvalue weighted by Crippen LogP contribution is 2.27. The molecule has 1 aromatic heterocycles. The Balaban J connectivity index is 2.01. The molecule has 1 aliphatic rings. The molecule has 26 heavy (non-hydrogen) atoms. The first-order valence-electron chi connectivity index (χ1n) is 8.04. The van der Waals surface area contributed by atoms with Crippen molar-refractivity contribution in [3.05, 3.63) is 52.8 Å². The second-order valence-corrected chi connectivity index (χ2v) is 6.70. The first kappa shape index (κ1) is 17.9. The number of rotatable bonds is 3. The minimum absolute atomic E-state index is 0.0294. The van der Waals surface area contributed by atoms with E-state index in [-0.39, 0.29) is 10.7 Å². The highest BCUT2D eigenvalue weighted by molar-refractivity contribution is 7.80. The number of benzene rings is 1. The van der Waals surface area contributed by atoms with E-state index < -0.39 is 11.8 Å². The smallest absolute Gasteiger partial charge is 0.270 e.